The summed E-state index contributed by atoms with van der Waals surface area (Å²) in [6, 6.07) is 17.2. The van der Waals surface area contributed by atoms with Crippen molar-refractivity contribution >= 4 is 24.1 Å². The summed E-state index contributed by atoms with van der Waals surface area (Å²) in [6.07, 6.45) is 2.06. The summed E-state index contributed by atoms with van der Waals surface area (Å²) in [6.45, 7) is 2.53. The van der Waals surface area contributed by atoms with Gasteiger partial charge in [0.1, 0.15) is 25.3 Å². The Morgan fingerprint density at radius 1 is 0.682 bits per heavy atom. The standard InChI is InChI=1S/2C16H21NO5/c2*1-20-15(18)14(13-8-5-9-21-11-13)17-16(19)22-10-12-6-3-2-4-7-12/h2*2-4,6-7,13-14H,5,8-11H2,1H3,(H,17,19)/t13-,14+;13-,14-/m10/s1. The average molecular weight is 615 g/mol. The lowest BCUT2D eigenvalue weighted by Gasteiger charge is -2.28. The van der Waals surface area contributed by atoms with Crippen molar-refractivity contribution < 1.29 is 47.6 Å². The Kier molecular flexibility index (Phi) is 15.0. The number of hydrogen-bond acceptors (Lipinski definition) is 10. The second-order valence-electron chi connectivity index (χ2n) is 10.4. The Hall–Kier alpha value is -4.16. The van der Waals surface area contributed by atoms with Gasteiger partial charge in [-0.05, 0) is 36.8 Å². The van der Waals surface area contributed by atoms with Gasteiger partial charge >= 0.3 is 24.1 Å². The molecule has 2 heterocycles. The summed E-state index contributed by atoms with van der Waals surface area (Å²) in [4.78, 5) is 47.6. The smallest absolute Gasteiger partial charge is 0.408 e. The summed E-state index contributed by atoms with van der Waals surface area (Å²) in [5, 5.41) is 5.18. The molecule has 2 aromatic rings. The van der Waals surface area contributed by atoms with Gasteiger partial charge in [0.25, 0.3) is 0 Å². The number of alkyl carbamates (subject to hydrolysis) is 2. The van der Waals surface area contributed by atoms with E-state index in [1.165, 1.54) is 14.2 Å². The molecule has 12 nitrogen and oxygen atoms in total. The molecule has 2 saturated heterocycles. The zero-order chi connectivity index (χ0) is 31.6. The van der Waals surface area contributed by atoms with E-state index in [-0.39, 0.29) is 25.0 Å². The van der Waals surface area contributed by atoms with Crippen molar-refractivity contribution in [2.45, 2.75) is 51.0 Å². The summed E-state index contributed by atoms with van der Waals surface area (Å²) in [7, 11) is 2.60. The predicted octanol–water partition coefficient (Wildman–Crippen LogP) is 3.76. The quantitative estimate of drug-likeness (QED) is 0.299. The molecular formula is C32H42N2O10. The maximum absolute atomic E-state index is 11.9. The van der Waals surface area contributed by atoms with E-state index in [1.54, 1.807) is 0 Å². The van der Waals surface area contributed by atoms with E-state index in [4.69, 9.17) is 28.4 Å². The minimum atomic E-state index is -0.742. The van der Waals surface area contributed by atoms with Crippen LogP contribution in [0.5, 0.6) is 0 Å². The first-order valence-corrected chi connectivity index (χ1v) is 14.7. The first-order valence-electron chi connectivity index (χ1n) is 14.7. The summed E-state index contributed by atoms with van der Waals surface area (Å²) in [5.74, 6) is -1.14. The SMILES string of the molecule is COC(=O)[C@@H](NC(=O)OCc1ccccc1)[C@@H]1CCCOC1.COC(=O)[C@@H](NC(=O)OCc1ccccc1)[C@H]1CCCOC1. The molecule has 0 radical (unpaired) electrons. The summed E-state index contributed by atoms with van der Waals surface area (Å²) in [5.41, 5.74) is 1.77. The lowest BCUT2D eigenvalue weighted by Crippen LogP contribution is -2.49. The fraction of sp³-hybridized carbons (Fsp3) is 0.500. The molecule has 0 aliphatic carbocycles. The van der Waals surface area contributed by atoms with E-state index in [0.29, 0.717) is 26.4 Å². The molecule has 240 valence electrons. The number of nitrogens with one attached hydrogen (secondary N) is 2. The van der Waals surface area contributed by atoms with E-state index in [0.717, 1.165) is 36.8 Å². The van der Waals surface area contributed by atoms with Crippen LogP contribution in [0.15, 0.2) is 60.7 Å². The van der Waals surface area contributed by atoms with Crippen LogP contribution < -0.4 is 10.6 Å². The number of hydrogen-bond donors (Lipinski definition) is 2. The third-order valence-corrected chi connectivity index (χ3v) is 7.22. The molecule has 0 saturated carbocycles. The maximum Gasteiger partial charge on any atom is 0.408 e. The lowest BCUT2D eigenvalue weighted by atomic mass is 9.94. The van der Waals surface area contributed by atoms with Crippen LogP contribution in [-0.2, 0) is 51.2 Å². The largest absolute Gasteiger partial charge is 0.467 e. The molecule has 0 unspecified atom stereocenters. The van der Waals surface area contributed by atoms with Crippen LogP contribution in [0, 0.1) is 11.8 Å². The molecule has 12 heteroatoms. The molecule has 2 aliphatic rings. The zero-order valence-corrected chi connectivity index (χ0v) is 25.2. The van der Waals surface area contributed by atoms with Crippen LogP contribution >= 0.6 is 0 Å². The topological polar surface area (TPSA) is 148 Å². The van der Waals surface area contributed by atoms with Gasteiger partial charge in [0.05, 0.1) is 27.4 Å². The summed E-state index contributed by atoms with van der Waals surface area (Å²) >= 11 is 0. The number of esters is 2. The monoisotopic (exact) mass is 614 g/mol. The highest BCUT2D eigenvalue weighted by Crippen LogP contribution is 2.20. The van der Waals surface area contributed by atoms with Crippen molar-refractivity contribution in [2.75, 3.05) is 40.6 Å². The maximum atomic E-state index is 11.9. The number of ether oxygens (including phenoxy) is 6. The lowest BCUT2D eigenvalue weighted by molar-refractivity contribution is -0.146. The number of benzene rings is 2. The van der Waals surface area contributed by atoms with Crippen molar-refractivity contribution in [3.8, 4) is 0 Å². The molecule has 2 aliphatic heterocycles. The van der Waals surface area contributed by atoms with Crippen molar-refractivity contribution in [1.82, 2.24) is 10.6 Å². The molecule has 2 fully saturated rings. The van der Waals surface area contributed by atoms with Gasteiger partial charge in [-0.1, -0.05) is 60.7 Å². The third-order valence-electron chi connectivity index (χ3n) is 7.22. The van der Waals surface area contributed by atoms with Gasteiger partial charge in [-0.25, -0.2) is 19.2 Å². The Morgan fingerprint density at radius 2 is 1.07 bits per heavy atom. The number of carbonyl (C=O) groups excluding carboxylic acids is 4. The molecular weight excluding hydrogens is 572 g/mol. The Morgan fingerprint density at radius 3 is 1.39 bits per heavy atom. The predicted molar refractivity (Wildman–Crippen MR) is 158 cm³/mol. The van der Waals surface area contributed by atoms with Crippen LogP contribution in [0.1, 0.15) is 36.8 Å². The normalized spacial score (nSPS) is 19.0. The first kappa shape index (κ1) is 34.3. The Bertz CT molecular complexity index is 1060. The van der Waals surface area contributed by atoms with Gasteiger partial charge in [0.2, 0.25) is 0 Å². The first-order chi connectivity index (χ1) is 21.4. The van der Waals surface area contributed by atoms with Gasteiger partial charge in [-0.15, -0.1) is 0 Å². The Labute approximate surface area is 257 Å². The van der Waals surface area contributed by atoms with Crippen LogP contribution in [0.3, 0.4) is 0 Å². The molecule has 0 aromatic heterocycles. The zero-order valence-electron chi connectivity index (χ0n) is 25.2. The third kappa shape index (κ3) is 11.8. The Balaban J connectivity index is 0.000000240. The highest BCUT2D eigenvalue weighted by molar-refractivity contribution is 5.82. The number of rotatable bonds is 10. The fourth-order valence-electron chi connectivity index (χ4n) is 4.83. The van der Waals surface area contributed by atoms with Crippen molar-refractivity contribution in [1.29, 1.82) is 0 Å². The van der Waals surface area contributed by atoms with E-state index >= 15 is 0 Å². The average Bonchev–Trinajstić information content (AvgIpc) is 3.09. The van der Waals surface area contributed by atoms with E-state index in [9.17, 15) is 19.2 Å². The second-order valence-corrected chi connectivity index (χ2v) is 10.4. The van der Waals surface area contributed by atoms with Gasteiger partial charge < -0.3 is 39.1 Å². The van der Waals surface area contributed by atoms with Gasteiger partial charge in [0.15, 0.2) is 0 Å². The van der Waals surface area contributed by atoms with E-state index in [1.807, 2.05) is 60.7 Å². The molecule has 0 bridgehead atoms. The minimum Gasteiger partial charge on any atom is -0.467 e. The highest BCUT2D eigenvalue weighted by Gasteiger charge is 2.34. The minimum absolute atomic E-state index is 0.0922. The van der Waals surface area contributed by atoms with Gasteiger partial charge in [-0.2, -0.15) is 0 Å². The van der Waals surface area contributed by atoms with Gasteiger partial charge in [-0.3, -0.25) is 0 Å². The molecule has 2 amide bonds. The van der Waals surface area contributed by atoms with Gasteiger partial charge in [0, 0.05) is 25.0 Å². The molecule has 2 N–H and O–H groups in total. The van der Waals surface area contributed by atoms with Crippen LogP contribution in [0.4, 0.5) is 9.59 Å². The molecule has 4 rings (SSSR count). The van der Waals surface area contributed by atoms with E-state index < -0.39 is 36.2 Å². The van der Waals surface area contributed by atoms with Crippen LogP contribution in [-0.4, -0.2) is 76.9 Å². The second kappa shape index (κ2) is 19.2. The van der Waals surface area contributed by atoms with Crippen molar-refractivity contribution in [2.24, 2.45) is 11.8 Å². The molecule has 2 aromatic carbocycles. The summed E-state index contributed by atoms with van der Waals surface area (Å²) < 4.78 is 30.6. The van der Waals surface area contributed by atoms with E-state index in [2.05, 4.69) is 10.6 Å². The number of amides is 2. The number of methoxy groups -OCH3 is 2. The fourth-order valence-corrected chi connectivity index (χ4v) is 4.83. The number of carbonyl (C=O) groups is 4. The molecule has 44 heavy (non-hydrogen) atoms. The van der Waals surface area contributed by atoms with Crippen LogP contribution in [0.25, 0.3) is 0 Å². The highest BCUT2D eigenvalue weighted by atomic mass is 16.6. The van der Waals surface area contributed by atoms with Crippen molar-refractivity contribution in [3.05, 3.63) is 71.8 Å². The molecule has 4 atom stereocenters. The molecule has 0 spiro atoms. The van der Waals surface area contributed by atoms with Crippen molar-refractivity contribution in [3.63, 3.8) is 0 Å². The van der Waals surface area contributed by atoms with Crippen LogP contribution in [0.2, 0.25) is 0 Å².